The minimum absolute atomic E-state index is 0.186. The van der Waals surface area contributed by atoms with Crippen LogP contribution in [0.15, 0.2) is 35.7 Å². The molecule has 16 heavy (non-hydrogen) atoms. The van der Waals surface area contributed by atoms with Crippen molar-refractivity contribution in [1.29, 1.82) is 0 Å². The Bertz CT molecular complexity index is 466. The van der Waals surface area contributed by atoms with E-state index >= 15 is 0 Å². The van der Waals surface area contributed by atoms with Crippen LogP contribution in [0.5, 0.6) is 0 Å². The fourth-order valence-corrected chi connectivity index (χ4v) is 3.69. The molecule has 1 heterocycles. The van der Waals surface area contributed by atoms with Crippen molar-refractivity contribution in [2.24, 2.45) is 0 Å². The van der Waals surface area contributed by atoms with Gasteiger partial charge in [0, 0.05) is 4.88 Å². The number of rotatable bonds is 3. The highest BCUT2D eigenvalue weighted by atomic mass is 79.9. The molecule has 0 saturated heterocycles. The number of halogens is 3. The molecule has 0 amide bonds. The molecule has 0 aliphatic rings. The summed E-state index contributed by atoms with van der Waals surface area (Å²) in [5.41, 5.74) is 1.09. The average molecular weight is 320 g/mol. The topological polar surface area (TPSA) is 0 Å². The van der Waals surface area contributed by atoms with E-state index in [1.54, 1.807) is 23.5 Å². The lowest BCUT2D eigenvalue weighted by atomic mass is 10.1. The predicted octanol–water partition coefficient (Wildman–Crippen LogP) is 5.22. The summed E-state index contributed by atoms with van der Waals surface area (Å²) in [5, 5.41) is 2.75. The van der Waals surface area contributed by atoms with E-state index in [0.29, 0.717) is 0 Å². The van der Waals surface area contributed by atoms with Gasteiger partial charge in [0.1, 0.15) is 5.82 Å². The van der Waals surface area contributed by atoms with Gasteiger partial charge in [-0.2, -0.15) is 0 Å². The third-order valence-electron chi connectivity index (χ3n) is 2.26. The van der Waals surface area contributed by atoms with Crippen molar-refractivity contribution >= 4 is 38.9 Å². The monoisotopic (exact) mass is 318 g/mol. The lowest BCUT2D eigenvalue weighted by Gasteiger charge is -2.08. The quantitative estimate of drug-likeness (QED) is 0.680. The second-order valence-electron chi connectivity index (χ2n) is 3.43. The van der Waals surface area contributed by atoms with Crippen molar-refractivity contribution in [3.8, 4) is 0 Å². The second-order valence-corrected chi connectivity index (χ2v) is 5.89. The number of thiophene rings is 1. The van der Waals surface area contributed by atoms with Gasteiger partial charge >= 0.3 is 0 Å². The van der Waals surface area contributed by atoms with Crippen molar-refractivity contribution in [3.05, 3.63) is 57.0 Å². The Morgan fingerprint density at radius 3 is 2.50 bits per heavy atom. The zero-order valence-corrected chi connectivity index (χ0v) is 11.4. The van der Waals surface area contributed by atoms with Crippen LogP contribution >= 0.6 is 38.9 Å². The Kier molecular flexibility index (Phi) is 4.00. The maximum absolute atomic E-state index is 12.7. The van der Waals surface area contributed by atoms with Crippen molar-refractivity contribution in [2.75, 3.05) is 0 Å². The van der Waals surface area contributed by atoms with Crippen LogP contribution in [0.4, 0.5) is 4.39 Å². The summed E-state index contributed by atoms with van der Waals surface area (Å²) >= 11 is 11.3. The molecule has 84 valence electrons. The molecule has 0 N–H and O–H groups in total. The van der Waals surface area contributed by atoms with Crippen LogP contribution in [0.1, 0.15) is 15.3 Å². The minimum atomic E-state index is -0.205. The van der Waals surface area contributed by atoms with E-state index in [2.05, 4.69) is 15.9 Å². The molecule has 0 fully saturated rings. The van der Waals surface area contributed by atoms with E-state index in [1.165, 1.54) is 12.1 Å². The molecule has 4 heteroatoms. The van der Waals surface area contributed by atoms with Gasteiger partial charge < -0.3 is 0 Å². The lowest BCUT2D eigenvalue weighted by Crippen LogP contribution is -1.93. The van der Waals surface area contributed by atoms with E-state index in [1.807, 2.05) is 11.4 Å². The smallest absolute Gasteiger partial charge is 0.123 e. The SMILES string of the molecule is Fc1ccc(CC(Br)c2sccc2Cl)cc1. The summed E-state index contributed by atoms with van der Waals surface area (Å²) in [6.07, 6.45) is 0.806. The van der Waals surface area contributed by atoms with E-state index < -0.39 is 0 Å². The Balaban J connectivity index is 2.10. The molecule has 0 spiro atoms. The van der Waals surface area contributed by atoms with Crippen LogP contribution < -0.4 is 0 Å². The number of hydrogen-bond donors (Lipinski definition) is 0. The van der Waals surface area contributed by atoms with Crippen molar-refractivity contribution < 1.29 is 4.39 Å². The van der Waals surface area contributed by atoms with Gasteiger partial charge in [0.15, 0.2) is 0 Å². The fraction of sp³-hybridized carbons (Fsp3) is 0.167. The molecule has 1 unspecified atom stereocenters. The molecule has 1 aromatic heterocycles. The molecule has 0 bridgehead atoms. The van der Waals surface area contributed by atoms with Crippen LogP contribution in [0, 0.1) is 5.82 Å². The molecule has 0 saturated carbocycles. The molecule has 2 aromatic rings. The standard InChI is InChI=1S/C12H9BrClFS/c13-10(12-11(14)5-6-16-12)7-8-1-3-9(15)4-2-8/h1-6,10H,7H2. The Morgan fingerprint density at radius 2 is 1.94 bits per heavy atom. The van der Waals surface area contributed by atoms with Gasteiger partial charge in [0.05, 0.1) is 9.85 Å². The van der Waals surface area contributed by atoms with Gasteiger partial charge in [-0.15, -0.1) is 11.3 Å². The summed E-state index contributed by atoms with van der Waals surface area (Å²) in [7, 11) is 0. The van der Waals surface area contributed by atoms with Crippen molar-refractivity contribution in [1.82, 2.24) is 0 Å². The minimum Gasteiger partial charge on any atom is -0.207 e. The van der Waals surface area contributed by atoms with E-state index in [9.17, 15) is 4.39 Å². The van der Waals surface area contributed by atoms with Crippen molar-refractivity contribution in [2.45, 2.75) is 11.2 Å². The Labute approximate surface area is 111 Å². The molecule has 1 atom stereocenters. The highest BCUT2D eigenvalue weighted by Crippen LogP contribution is 2.36. The third kappa shape index (κ3) is 2.84. The Morgan fingerprint density at radius 1 is 1.25 bits per heavy atom. The molecule has 0 aliphatic heterocycles. The Hall–Kier alpha value is -0.380. The first-order chi connectivity index (χ1) is 7.66. The van der Waals surface area contributed by atoms with Gasteiger partial charge in [0.2, 0.25) is 0 Å². The zero-order valence-electron chi connectivity index (χ0n) is 8.29. The molecule has 1 aromatic carbocycles. The van der Waals surface area contributed by atoms with Crippen LogP contribution in [0.25, 0.3) is 0 Å². The van der Waals surface area contributed by atoms with E-state index in [4.69, 9.17) is 11.6 Å². The summed E-state index contributed by atoms with van der Waals surface area (Å²) in [6, 6.07) is 8.44. The van der Waals surface area contributed by atoms with Gasteiger partial charge in [-0.25, -0.2) is 4.39 Å². The third-order valence-corrected chi connectivity index (χ3v) is 4.81. The first-order valence-electron chi connectivity index (χ1n) is 4.78. The molecule has 2 rings (SSSR count). The molecular formula is C12H9BrClFS. The van der Waals surface area contributed by atoms with Gasteiger partial charge in [-0.05, 0) is 35.6 Å². The van der Waals surface area contributed by atoms with Crippen LogP contribution in [0.2, 0.25) is 5.02 Å². The largest absolute Gasteiger partial charge is 0.207 e. The van der Waals surface area contributed by atoms with Gasteiger partial charge in [-0.1, -0.05) is 39.7 Å². The molecular weight excluding hydrogens is 311 g/mol. The highest BCUT2D eigenvalue weighted by molar-refractivity contribution is 9.09. The van der Waals surface area contributed by atoms with E-state index in [0.717, 1.165) is 21.9 Å². The van der Waals surface area contributed by atoms with Crippen molar-refractivity contribution in [3.63, 3.8) is 0 Å². The number of benzene rings is 1. The summed E-state index contributed by atoms with van der Waals surface area (Å²) in [5.74, 6) is -0.205. The molecule has 0 nitrogen and oxygen atoms in total. The van der Waals surface area contributed by atoms with Gasteiger partial charge in [0.25, 0.3) is 0 Å². The summed E-state index contributed by atoms with van der Waals surface area (Å²) < 4.78 is 12.7. The van der Waals surface area contributed by atoms with Crippen LogP contribution in [0.3, 0.4) is 0 Å². The summed E-state index contributed by atoms with van der Waals surface area (Å²) in [6.45, 7) is 0. The van der Waals surface area contributed by atoms with E-state index in [-0.39, 0.29) is 10.6 Å². The maximum atomic E-state index is 12.7. The highest BCUT2D eigenvalue weighted by Gasteiger charge is 2.13. The average Bonchev–Trinajstić information content (AvgIpc) is 2.68. The maximum Gasteiger partial charge on any atom is 0.123 e. The zero-order chi connectivity index (χ0) is 11.5. The number of alkyl halides is 1. The molecule has 0 aliphatic carbocycles. The van der Waals surface area contributed by atoms with Gasteiger partial charge in [-0.3, -0.25) is 0 Å². The second kappa shape index (κ2) is 5.30. The summed E-state index contributed by atoms with van der Waals surface area (Å²) in [4.78, 5) is 1.30. The normalized spacial score (nSPS) is 12.7. The van der Waals surface area contributed by atoms with Crippen LogP contribution in [-0.2, 0) is 6.42 Å². The first-order valence-corrected chi connectivity index (χ1v) is 6.95. The predicted molar refractivity (Wildman–Crippen MR) is 71.1 cm³/mol. The fourth-order valence-electron chi connectivity index (χ4n) is 1.45. The van der Waals surface area contributed by atoms with Crippen LogP contribution in [-0.4, -0.2) is 0 Å². The number of hydrogen-bond acceptors (Lipinski definition) is 1. The first kappa shape index (κ1) is 12.1. The molecule has 0 radical (unpaired) electrons. The lowest BCUT2D eigenvalue weighted by molar-refractivity contribution is 0.627.